The lowest BCUT2D eigenvalue weighted by Gasteiger charge is -2.11. The molecule has 1 aliphatic rings. The zero-order chi connectivity index (χ0) is 14.7. The predicted molar refractivity (Wildman–Crippen MR) is 76.3 cm³/mol. The van der Waals surface area contributed by atoms with Crippen molar-refractivity contribution < 1.29 is 19.4 Å². The summed E-state index contributed by atoms with van der Waals surface area (Å²) in [6, 6.07) is 1.90. The third-order valence-electron chi connectivity index (χ3n) is 3.44. The molecular formula is C14H19NO4S. The molecule has 0 bridgehead atoms. The van der Waals surface area contributed by atoms with E-state index in [9.17, 15) is 9.59 Å². The summed E-state index contributed by atoms with van der Waals surface area (Å²) in [6.07, 6.45) is 1.17. The second kappa shape index (κ2) is 6.37. The fourth-order valence-corrected chi connectivity index (χ4v) is 3.34. The number of hydrogen-bond acceptors (Lipinski definition) is 4. The van der Waals surface area contributed by atoms with Crippen molar-refractivity contribution in [2.24, 2.45) is 0 Å². The summed E-state index contributed by atoms with van der Waals surface area (Å²) in [7, 11) is 0. The molecule has 1 fully saturated rings. The van der Waals surface area contributed by atoms with E-state index in [0.717, 1.165) is 12.0 Å². The van der Waals surface area contributed by atoms with Crippen molar-refractivity contribution in [1.82, 2.24) is 5.32 Å². The molecule has 2 unspecified atom stereocenters. The lowest BCUT2D eigenvalue weighted by atomic mass is 10.2. The third-order valence-corrected chi connectivity index (χ3v) is 4.82. The van der Waals surface area contributed by atoms with Gasteiger partial charge in [0.2, 0.25) is 0 Å². The van der Waals surface area contributed by atoms with E-state index in [-0.39, 0.29) is 12.0 Å². The number of carbonyl (C=O) groups excluding carboxylic acids is 1. The van der Waals surface area contributed by atoms with Gasteiger partial charge in [-0.15, -0.1) is 11.3 Å². The number of carbonyl (C=O) groups is 2. The molecule has 1 aromatic heterocycles. The molecule has 0 spiro atoms. The minimum atomic E-state index is -0.930. The van der Waals surface area contributed by atoms with Gasteiger partial charge in [0.25, 0.3) is 5.91 Å². The highest BCUT2D eigenvalue weighted by atomic mass is 32.1. The number of aryl methyl sites for hydroxylation is 2. The van der Waals surface area contributed by atoms with Crippen molar-refractivity contribution in [3.8, 4) is 0 Å². The maximum Gasteiger partial charge on any atom is 0.332 e. The Bertz CT molecular complexity index is 511. The van der Waals surface area contributed by atoms with Gasteiger partial charge in [-0.1, -0.05) is 6.92 Å². The molecule has 20 heavy (non-hydrogen) atoms. The second-order valence-electron chi connectivity index (χ2n) is 4.94. The fourth-order valence-electron chi connectivity index (χ4n) is 2.31. The Morgan fingerprint density at radius 1 is 1.50 bits per heavy atom. The summed E-state index contributed by atoms with van der Waals surface area (Å²) in [5, 5.41) is 11.7. The van der Waals surface area contributed by atoms with Crippen molar-refractivity contribution in [2.45, 2.75) is 45.3 Å². The molecule has 1 saturated heterocycles. The van der Waals surface area contributed by atoms with E-state index in [4.69, 9.17) is 9.84 Å². The van der Waals surface area contributed by atoms with Gasteiger partial charge in [-0.2, -0.15) is 0 Å². The van der Waals surface area contributed by atoms with Gasteiger partial charge in [-0.3, -0.25) is 4.79 Å². The number of thiophene rings is 1. The molecule has 6 heteroatoms. The lowest BCUT2D eigenvalue weighted by Crippen LogP contribution is -2.32. The SMILES string of the molecule is CCc1sc(C(=O)NCC2CCC(C(=O)O)O2)cc1C. The Morgan fingerprint density at radius 2 is 2.25 bits per heavy atom. The summed E-state index contributed by atoms with van der Waals surface area (Å²) in [6.45, 7) is 4.43. The molecule has 2 atom stereocenters. The van der Waals surface area contributed by atoms with Crippen LogP contribution in [0.3, 0.4) is 0 Å². The predicted octanol–water partition coefficient (Wildman–Crippen LogP) is 1.98. The summed E-state index contributed by atoms with van der Waals surface area (Å²) in [5.41, 5.74) is 1.14. The van der Waals surface area contributed by atoms with Gasteiger partial charge < -0.3 is 15.2 Å². The van der Waals surface area contributed by atoms with Gasteiger partial charge in [0.15, 0.2) is 6.10 Å². The monoisotopic (exact) mass is 297 g/mol. The molecule has 110 valence electrons. The molecule has 0 radical (unpaired) electrons. The minimum Gasteiger partial charge on any atom is -0.479 e. The number of hydrogen-bond donors (Lipinski definition) is 2. The largest absolute Gasteiger partial charge is 0.479 e. The number of amides is 1. The summed E-state index contributed by atoms with van der Waals surface area (Å²) < 4.78 is 5.35. The fraction of sp³-hybridized carbons (Fsp3) is 0.571. The first-order chi connectivity index (χ1) is 9.51. The minimum absolute atomic E-state index is 0.111. The van der Waals surface area contributed by atoms with Crippen LogP contribution < -0.4 is 5.32 Å². The smallest absolute Gasteiger partial charge is 0.332 e. The van der Waals surface area contributed by atoms with Crippen molar-refractivity contribution >= 4 is 23.2 Å². The molecule has 2 N–H and O–H groups in total. The molecule has 0 aromatic carbocycles. The zero-order valence-corrected chi connectivity index (χ0v) is 12.5. The van der Waals surface area contributed by atoms with E-state index in [1.165, 1.54) is 16.2 Å². The van der Waals surface area contributed by atoms with Crippen LogP contribution in [-0.2, 0) is 16.0 Å². The van der Waals surface area contributed by atoms with Crippen molar-refractivity contribution in [2.75, 3.05) is 6.54 Å². The highest BCUT2D eigenvalue weighted by molar-refractivity contribution is 7.14. The van der Waals surface area contributed by atoms with E-state index in [2.05, 4.69) is 12.2 Å². The van der Waals surface area contributed by atoms with Crippen LogP contribution in [0.4, 0.5) is 0 Å². The summed E-state index contributed by atoms with van der Waals surface area (Å²) in [5.74, 6) is -1.04. The molecule has 1 aromatic rings. The van der Waals surface area contributed by atoms with Gasteiger partial charge in [-0.25, -0.2) is 4.79 Å². The van der Waals surface area contributed by atoms with Crippen molar-refractivity contribution in [1.29, 1.82) is 0 Å². The van der Waals surface area contributed by atoms with E-state index in [1.54, 1.807) is 0 Å². The number of ether oxygens (including phenoxy) is 1. The van der Waals surface area contributed by atoms with Crippen LogP contribution in [0.5, 0.6) is 0 Å². The average molecular weight is 297 g/mol. The van der Waals surface area contributed by atoms with Gasteiger partial charge >= 0.3 is 5.97 Å². The highest BCUT2D eigenvalue weighted by Gasteiger charge is 2.30. The van der Waals surface area contributed by atoms with E-state index in [1.807, 2.05) is 13.0 Å². The van der Waals surface area contributed by atoms with Crippen LogP contribution in [0, 0.1) is 6.92 Å². The first-order valence-electron chi connectivity index (χ1n) is 6.77. The zero-order valence-electron chi connectivity index (χ0n) is 11.6. The van der Waals surface area contributed by atoms with Gasteiger partial charge in [0, 0.05) is 11.4 Å². The van der Waals surface area contributed by atoms with Gasteiger partial charge in [0.05, 0.1) is 11.0 Å². The Kier molecular flexibility index (Phi) is 4.77. The number of rotatable bonds is 5. The standard InChI is InChI=1S/C14H19NO4S/c1-3-11-8(2)6-12(20-11)13(16)15-7-9-4-5-10(19-9)14(17)18/h6,9-10H,3-5,7H2,1-2H3,(H,15,16)(H,17,18). The molecule has 0 saturated carbocycles. The van der Waals surface area contributed by atoms with E-state index < -0.39 is 12.1 Å². The van der Waals surface area contributed by atoms with Gasteiger partial charge in [-0.05, 0) is 37.8 Å². The van der Waals surface area contributed by atoms with Crippen molar-refractivity contribution in [3.63, 3.8) is 0 Å². The number of carboxylic acid groups (broad SMARTS) is 1. The third kappa shape index (κ3) is 3.37. The highest BCUT2D eigenvalue weighted by Crippen LogP contribution is 2.23. The molecule has 1 aliphatic heterocycles. The number of aliphatic carboxylic acids is 1. The molecule has 1 amide bonds. The van der Waals surface area contributed by atoms with Crippen LogP contribution >= 0.6 is 11.3 Å². The maximum absolute atomic E-state index is 12.0. The average Bonchev–Trinajstić information content (AvgIpc) is 3.02. The summed E-state index contributed by atoms with van der Waals surface area (Å²) >= 11 is 1.51. The van der Waals surface area contributed by atoms with E-state index >= 15 is 0 Å². The number of carboxylic acids is 1. The van der Waals surface area contributed by atoms with Crippen LogP contribution in [0.1, 0.15) is 39.9 Å². The normalized spacial score (nSPS) is 21.9. The van der Waals surface area contributed by atoms with Crippen LogP contribution in [0.15, 0.2) is 6.07 Å². The lowest BCUT2D eigenvalue weighted by molar-refractivity contribution is -0.149. The Morgan fingerprint density at radius 3 is 2.80 bits per heavy atom. The first kappa shape index (κ1) is 15.0. The molecule has 2 rings (SSSR count). The Balaban J connectivity index is 1.85. The second-order valence-corrected chi connectivity index (χ2v) is 6.08. The number of nitrogens with one attached hydrogen (secondary N) is 1. The molecule has 2 heterocycles. The quantitative estimate of drug-likeness (QED) is 0.871. The maximum atomic E-state index is 12.0. The molecule has 5 nitrogen and oxygen atoms in total. The van der Waals surface area contributed by atoms with Crippen LogP contribution in [0.25, 0.3) is 0 Å². The van der Waals surface area contributed by atoms with Crippen LogP contribution in [-0.4, -0.2) is 35.7 Å². The summed E-state index contributed by atoms with van der Waals surface area (Å²) in [4.78, 5) is 24.7. The first-order valence-corrected chi connectivity index (χ1v) is 7.58. The van der Waals surface area contributed by atoms with Crippen LogP contribution in [0.2, 0.25) is 0 Å². The van der Waals surface area contributed by atoms with E-state index in [0.29, 0.717) is 24.3 Å². The topological polar surface area (TPSA) is 75.6 Å². The Hall–Kier alpha value is -1.40. The Labute approximate surface area is 121 Å². The molecule has 0 aliphatic carbocycles. The molecular weight excluding hydrogens is 278 g/mol. The van der Waals surface area contributed by atoms with Crippen molar-refractivity contribution in [3.05, 3.63) is 21.4 Å². The van der Waals surface area contributed by atoms with Gasteiger partial charge in [0.1, 0.15) is 0 Å².